The molecule has 0 aromatic rings. The Hall–Kier alpha value is -0.330. The minimum atomic E-state index is -4.14. The minimum absolute atomic E-state index is 0.0604. The van der Waals surface area contributed by atoms with E-state index in [-0.39, 0.29) is 12.6 Å². The van der Waals surface area contributed by atoms with Crippen molar-refractivity contribution in [3.63, 3.8) is 0 Å². The van der Waals surface area contributed by atoms with E-state index in [4.69, 9.17) is 4.74 Å². The lowest BCUT2D eigenvalue weighted by molar-refractivity contribution is -0.202. The van der Waals surface area contributed by atoms with E-state index in [1.54, 1.807) is 12.0 Å². The number of halogens is 3. The van der Waals surface area contributed by atoms with Gasteiger partial charge in [0, 0.05) is 32.8 Å². The summed E-state index contributed by atoms with van der Waals surface area (Å²) >= 11 is 0. The molecule has 0 N–H and O–H groups in total. The van der Waals surface area contributed by atoms with Crippen molar-refractivity contribution in [2.24, 2.45) is 5.92 Å². The zero-order valence-corrected chi connectivity index (χ0v) is 15.3. The molecule has 1 aliphatic carbocycles. The molecule has 24 heavy (non-hydrogen) atoms. The first-order valence-corrected chi connectivity index (χ1v) is 9.39. The smallest absolute Gasteiger partial charge is 0.381 e. The fraction of sp³-hybridized carbons (Fsp3) is 1.00. The molecular weight excluding hydrogens is 317 g/mol. The number of nitrogens with zero attached hydrogens (tertiary/aromatic N) is 2. The predicted molar refractivity (Wildman–Crippen MR) is 90.1 cm³/mol. The molecule has 142 valence electrons. The Bertz CT molecular complexity index is 368. The molecule has 1 saturated heterocycles. The van der Waals surface area contributed by atoms with Crippen LogP contribution in [0.3, 0.4) is 0 Å². The van der Waals surface area contributed by atoms with Crippen LogP contribution in [0.4, 0.5) is 13.2 Å². The van der Waals surface area contributed by atoms with Gasteiger partial charge in [-0.15, -0.1) is 0 Å². The number of hydrogen-bond donors (Lipinski definition) is 0. The topological polar surface area (TPSA) is 15.7 Å². The van der Waals surface area contributed by atoms with Crippen LogP contribution in [-0.4, -0.2) is 67.5 Å². The maximum Gasteiger partial charge on any atom is 0.405 e. The average molecular weight is 350 g/mol. The van der Waals surface area contributed by atoms with Crippen molar-refractivity contribution < 1.29 is 17.9 Å². The van der Waals surface area contributed by atoms with E-state index in [1.165, 1.54) is 12.8 Å². The van der Waals surface area contributed by atoms with Gasteiger partial charge in [-0.05, 0) is 64.8 Å². The van der Waals surface area contributed by atoms with Crippen molar-refractivity contribution in [1.82, 2.24) is 9.80 Å². The van der Waals surface area contributed by atoms with E-state index in [0.717, 1.165) is 44.7 Å². The molecule has 3 nitrogen and oxygen atoms in total. The molecule has 2 rings (SSSR count). The molecule has 0 aromatic carbocycles. The first-order chi connectivity index (χ1) is 11.3. The van der Waals surface area contributed by atoms with Gasteiger partial charge in [-0.2, -0.15) is 13.2 Å². The van der Waals surface area contributed by atoms with Crippen LogP contribution >= 0.6 is 0 Å². The van der Waals surface area contributed by atoms with Crippen molar-refractivity contribution in [2.45, 2.75) is 76.7 Å². The van der Waals surface area contributed by atoms with Gasteiger partial charge in [-0.1, -0.05) is 0 Å². The van der Waals surface area contributed by atoms with Crippen molar-refractivity contribution in [3.05, 3.63) is 0 Å². The Balaban J connectivity index is 1.74. The predicted octanol–water partition coefficient (Wildman–Crippen LogP) is 3.93. The van der Waals surface area contributed by atoms with Crippen LogP contribution in [-0.2, 0) is 4.74 Å². The summed E-state index contributed by atoms with van der Waals surface area (Å²) in [5.74, 6) is 0.728. The highest BCUT2D eigenvalue weighted by Gasteiger charge is 2.46. The SMILES string of the molecule is CO[C@H]1CC[C@H](CCCN2CCN(C(C)C)[C@@H](C(F)(F)F)C2)CC1. The van der Waals surface area contributed by atoms with Gasteiger partial charge in [0.15, 0.2) is 0 Å². The van der Waals surface area contributed by atoms with Gasteiger partial charge in [0.05, 0.1) is 6.10 Å². The van der Waals surface area contributed by atoms with Gasteiger partial charge in [0.2, 0.25) is 0 Å². The molecule has 0 amide bonds. The first-order valence-electron chi connectivity index (χ1n) is 9.39. The summed E-state index contributed by atoms with van der Waals surface area (Å²) < 4.78 is 45.4. The zero-order valence-electron chi connectivity index (χ0n) is 15.3. The Labute approximate surface area is 144 Å². The van der Waals surface area contributed by atoms with E-state index in [2.05, 4.69) is 0 Å². The summed E-state index contributed by atoms with van der Waals surface area (Å²) in [6, 6.07) is -1.38. The van der Waals surface area contributed by atoms with Crippen molar-refractivity contribution in [3.8, 4) is 0 Å². The molecule has 0 aromatic heterocycles. The molecule has 0 spiro atoms. The first kappa shape index (κ1) is 20.0. The largest absolute Gasteiger partial charge is 0.405 e. The second-order valence-corrected chi connectivity index (χ2v) is 7.71. The average Bonchev–Trinajstić information content (AvgIpc) is 2.54. The summed E-state index contributed by atoms with van der Waals surface area (Å²) in [4.78, 5) is 3.61. The van der Waals surface area contributed by atoms with Crippen molar-refractivity contribution >= 4 is 0 Å². The Morgan fingerprint density at radius 1 is 1.08 bits per heavy atom. The third-order valence-corrected chi connectivity index (χ3v) is 5.76. The fourth-order valence-electron chi connectivity index (χ4n) is 4.23. The lowest BCUT2D eigenvalue weighted by Crippen LogP contribution is -2.60. The van der Waals surface area contributed by atoms with Crippen LogP contribution in [0.5, 0.6) is 0 Å². The third kappa shape index (κ3) is 5.60. The normalized spacial score (nSPS) is 30.9. The number of piperazine rings is 1. The standard InChI is InChI=1S/C18H33F3N2O/c1-14(2)23-12-11-22(13-17(23)18(19,20)21)10-4-5-15-6-8-16(24-3)9-7-15/h14-17H,4-13H2,1-3H3/t15-,16-,17-/m1/s1. The van der Waals surface area contributed by atoms with Gasteiger partial charge in [0.1, 0.15) is 6.04 Å². The van der Waals surface area contributed by atoms with Gasteiger partial charge < -0.3 is 9.64 Å². The molecule has 0 unspecified atom stereocenters. The van der Waals surface area contributed by atoms with Crippen LogP contribution in [0.2, 0.25) is 0 Å². The third-order valence-electron chi connectivity index (χ3n) is 5.76. The summed E-state index contributed by atoms with van der Waals surface area (Å²) in [5, 5.41) is 0. The fourth-order valence-corrected chi connectivity index (χ4v) is 4.23. The summed E-state index contributed by atoms with van der Waals surface area (Å²) in [6.07, 6.45) is 3.08. The van der Waals surface area contributed by atoms with Crippen molar-refractivity contribution in [2.75, 3.05) is 33.3 Å². The highest BCUT2D eigenvalue weighted by molar-refractivity contribution is 4.89. The van der Waals surface area contributed by atoms with E-state index in [9.17, 15) is 13.2 Å². The quantitative estimate of drug-likeness (QED) is 0.722. The molecule has 2 fully saturated rings. The maximum absolute atomic E-state index is 13.3. The Kier molecular flexibility index (Phi) is 7.38. The van der Waals surface area contributed by atoms with E-state index in [0.29, 0.717) is 12.6 Å². The molecule has 1 saturated carbocycles. The molecule has 0 radical (unpaired) electrons. The molecule has 6 heteroatoms. The number of rotatable bonds is 6. The van der Waals surface area contributed by atoms with Crippen LogP contribution in [0, 0.1) is 5.92 Å². The molecule has 1 atom stereocenters. The molecule has 1 heterocycles. The molecular formula is C18H33F3N2O. The van der Waals surface area contributed by atoms with Crippen LogP contribution < -0.4 is 0 Å². The zero-order chi connectivity index (χ0) is 17.7. The monoisotopic (exact) mass is 350 g/mol. The maximum atomic E-state index is 13.3. The van der Waals surface area contributed by atoms with E-state index >= 15 is 0 Å². The second-order valence-electron chi connectivity index (χ2n) is 7.71. The lowest BCUT2D eigenvalue weighted by Gasteiger charge is -2.44. The molecule has 0 bridgehead atoms. The van der Waals surface area contributed by atoms with E-state index in [1.807, 2.05) is 18.7 Å². The highest BCUT2D eigenvalue weighted by atomic mass is 19.4. The number of methoxy groups -OCH3 is 1. The molecule has 2 aliphatic rings. The Morgan fingerprint density at radius 3 is 2.29 bits per heavy atom. The van der Waals surface area contributed by atoms with Crippen molar-refractivity contribution in [1.29, 1.82) is 0 Å². The summed E-state index contributed by atoms with van der Waals surface area (Å²) in [7, 11) is 1.78. The van der Waals surface area contributed by atoms with Gasteiger partial charge in [0.25, 0.3) is 0 Å². The number of alkyl halides is 3. The van der Waals surface area contributed by atoms with Crippen LogP contribution in [0.1, 0.15) is 52.4 Å². The van der Waals surface area contributed by atoms with Gasteiger partial charge in [-0.25, -0.2) is 0 Å². The summed E-state index contributed by atoms with van der Waals surface area (Å²) in [6.45, 7) is 5.89. The van der Waals surface area contributed by atoms with E-state index < -0.39 is 12.2 Å². The second kappa shape index (κ2) is 8.86. The van der Waals surface area contributed by atoms with Crippen LogP contribution in [0.15, 0.2) is 0 Å². The minimum Gasteiger partial charge on any atom is -0.381 e. The molecule has 1 aliphatic heterocycles. The Morgan fingerprint density at radius 2 is 1.75 bits per heavy atom. The van der Waals surface area contributed by atoms with Gasteiger partial charge >= 0.3 is 6.18 Å². The van der Waals surface area contributed by atoms with Crippen LogP contribution in [0.25, 0.3) is 0 Å². The number of ether oxygens (including phenoxy) is 1. The lowest BCUT2D eigenvalue weighted by atomic mass is 9.84. The summed E-state index contributed by atoms with van der Waals surface area (Å²) in [5.41, 5.74) is 0. The highest BCUT2D eigenvalue weighted by Crippen LogP contribution is 2.31. The van der Waals surface area contributed by atoms with Gasteiger partial charge in [-0.3, -0.25) is 4.90 Å². The number of hydrogen-bond acceptors (Lipinski definition) is 3.